The van der Waals surface area contributed by atoms with Gasteiger partial charge in [0.1, 0.15) is 25.4 Å². The SMILES string of the molecule is CC(=O)OC[C@H]1O[C@@H](SSCC(=O)NCCN(CCNC(=O)CSS[C@@H]2O[C@H](COC(C)=O)[C@@H](OC(C)=O)[C@H](OC(C)=O)[C@H]2OC(C)=O)CCNC(=O)CSS(C)(=O)=O)[C@H](OC(C)=O)[C@@H](OC(C)=O)[C@@H]1OC(C)=O. The number of carbonyl (C=O) groups excluding carboxylic acids is 11. The van der Waals surface area contributed by atoms with Crippen LogP contribution in [0.4, 0.5) is 0 Å². The molecule has 0 aromatic carbocycles. The van der Waals surface area contributed by atoms with Crippen LogP contribution >= 0.6 is 54.0 Å². The topological polar surface area (TPSA) is 354 Å². The highest BCUT2D eigenvalue weighted by Crippen LogP contribution is 2.41. The molecule has 2 heterocycles. The zero-order valence-electron chi connectivity index (χ0n) is 41.8. The van der Waals surface area contributed by atoms with Crippen LogP contribution in [0, 0.1) is 0 Å². The van der Waals surface area contributed by atoms with Crippen LogP contribution < -0.4 is 16.0 Å². The van der Waals surface area contributed by atoms with Gasteiger partial charge in [0.25, 0.3) is 0 Å². The summed E-state index contributed by atoms with van der Waals surface area (Å²) >= 11 is 0. The van der Waals surface area contributed by atoms with E-state index in [-0.39, 0.29) is 56.5 Å². The van der Waals surface area contributed by atoms with Crippen LogP contribution in [0.5, 0.6) is 0 Å². The maximum atomic E-state index is 13.1. The number of hydrogen-bond donors (Lipinski definition) is 3. The molecule has 0 unspecified atom stereocenters. The van der Waals surface area contributed by atoms with Gasteiger partial charge >= 0.3 is 47.8 Å². The van der Waals surface area contributed by atoms with Crippen molar-refractivity contribution >= 4 is 128 Å². The first-order valence-corrected chi connectivity index (χ1v) is 30.4. The van der Waals surface area contributed by atoms with E-state index in [1.165, 1.54) is 0 Å². The number of hydrogen-bond acceptors (Lipinski definition) is 29. The molecule has 2 aliphatic heterocycles. The molecule has 2 fully saturated rings. The maximum absolute atomic E-state index is 13.1. The molecule has 3 amide bonds. The predicted molar refractivity (Wildman–Crippen MR) is 267 cm³/mol. The van der Waals surface area contributed by atoms with Crippen LogP contribution in [-0.4, -0.2) is 214 Å². The summed E-state index contributed by atoms with van der Waals surface area (Å²) in [5.41, 5.74) is -2.26. The van der Waals surface area contributed by atoms with Gasteiger partial charge in [-0.05, 0) is 10.8 Å². The van der Waals surface area contributed by atoms with Gasteiger partial charge in [0, 0.05) is 101 Å². The van der Waals surface area contributed by atoms with Gasteiger partial charge in [0.2, 0.25) is 17.7 Å². The Morgan fingerprint density at radius 3 is 1.04 bits per heavy atom. The molecule has 0 aromatic rings. The summed E-state index contributed by atoms with van der Waals surface area (Å²) in [7, 11) is 0.800. The summed E-state index contributed by atoms with van der Waals surface area (Å²) in [5, 5.41) is 8.13. The molecule has 0 aromatic heterocycles. The third kappa shape index (κ3) is 27.0. The molecule has 0 spiro atoms. The molecule has 0 aliphatic carbocycles. The summed E-state index contributed by atoms with van der Waals surface area (Å²) < 4.78 is 77.9. The molecule has 2 saturated heterocycles. The Labute approximate surface area is 446 Å². The molecule has 74 heavy (non-hydrogen) atoms. The molecule has 2 rings (SSSR count). The van der Waals surface area contributed by atoms with Crippen LogP contribution in [0.1, 0.15) is 55.4 Å². The highest BCUT2D eigenvalue weighted by atomic mass is 33.1. The third-order valence-corrected chi connectivity index (χ3v) is 16.5. The number of nitrogens with zero attached hydrogens (tertiary/aromatic N) is 1. The molecule has 33 heteroatoms. The number of nitrogens with one attached hydrogen (secondary N) is 3. The van der Waals surface area contributed by atoms with E-state index in [2.05, 4.69) is 16.0 Å². The molecule has 27 nitrogen and oxygen atoms in total. The third-order valence-electron chi connectivity index (χ3n) is 9.26. The van der Waals surface area contributed by atoms with E-state index in [0.717, 1.165) is 105 Å². The lowest BCUT2D eigenvalue weighted by Crippen LogP contribution is -2.61. The fraction of sp³-hybridized carbons (Fsp3) is 0.732. The van der Waals surface area contributed by atoms with Crippen LogP contribution in [0.2, 0.25) is 0 Å². The number of carbonyl (C=O) groups is 11. The summed E-state index contributed by atoms with van der Waals surface area (Å²) in [6, 6.07) is 0. The van der Waals surface area contributed by atoms with Crippen LogP contribution in [0.15, 0.2) is 0 Å². The Kier molecular flexibility index (Phi) is 30.0. The van der Waals surface area contributed by atoms with E-state index in [1.54, 1.807) is 4.90 Å². The number of esters is 8. The van der Waals surface area contributed by atoms with E-state index < -0.39 is 147 Å². The Morgan fingerprint density at radius 2 is 0.743 bits per heavy atom. The summed E-state index contributed by atoms with van der Waals surface area (Å²) in [4.78, 5) is 136. The van der Waals surface area contributed by atoms with Crippen molar-refractivity contribution in [3.63, 3.8) is 0 Å². The van der Waals surface area contributed by atoms with Gasteiger partial charge in [-0.3, -0.25) is 57.6 Å². The zero-order chi connectivity index (χ0) is 55.7. The molecular formula is C41H62N4O23S6. The van der Waals surface area contributed by atoms with Gasteiger partial charge in [-0.1, -0.05) is 43.2 Å². The van der Waals surface area contributed by atoms with E-state index >= 15 is 0 Å². The smallest absolute Gasteiger partial charge is 0.303 e. The van der Waals surface area contributed by atoms with E-state index in [0.29, 0.717) is 10.8 Å². The van der Waals surface area contributed by atoms with Crippen molar-refractivity contribution in [1.82, 2.24) is 20.9 Å². The molecule has 0 bridgehead atoms. The van der Waals surface area contributed by atoms with E-state index in [4.69, 9.17) is 47.4 Å². The number of ether oxygens (including phenoxy) is 10. The molecule has 0 saturated carbocycles. The Morgan fingerprint density at radius 1 is 0.446 bits per heavy atom. The second-order valence-corrected chi connectivity index (χ2v) is 25.1. The lowest BCUT2D eigenvalue weighted by Gasteiger charge is -2.43. The van der Waals surface area contributed by atoms with Crippen molar-refractivity contribution in [3.8, 4) is 0 Å². The minimum atomic E-state index is -3.48. The van der Waals surface area contributed by atoms with E-state index in [1.807, 2.05) is 0 Å². The van der Waals surface area contributed by atoms with Gasteiger partial charge < -0.3 is 63.3 Å². The van der Waals surface area contributed by atoms with Crippen molar-refractivity contribution in [2.24, 2.45) is 0 Å². The Hall–Kier alpha value is -4.25. The molecule has 420 valence electrons. The summed E-state index contributed by atoms with van der Waals surface area (Å²) in [6.45, 7) is 8.77. The first-order chi connectivity index (χ1) is 34.6. The zero-order valence-corrected chi connectivity index (χ0v) is 46.7. The fourth-order valence-corrected chi connectivity index (χ4v) is 12.6. The summed E-state index contributed by atoms with van der Waals surface area (Å²) in [6.07, 6.45) is -9.56. The molecule has 0 radical (unpaired) electrons. The number of rotatable bonds is 30. The molecule has 10 atom stereocenters. The van der Waals surface area contributed by atoms with Gasteiger partial charge in [-0.15, -0.1) is 0 Å². The lowest BCUT2D eigenvalue weighted by molar-refractivity contribution is -0.237. The van der Waals surface area contributed by atoms with Crippen molar-refractivity contribution in [2.75, 3.05) is 76.0 Å². The fourth-order valence-electron chi connectivity index (χ4n) is 6.55. The largest absolute Gasteiger partial charge is 0.463 e. The molecular weight excluding hydrogens is 1110 g/mol. The van der Waals surface area contributed by atoms with Crippen molar-refractivity contribution in [2.45, 2.75) is 115 Å². The second-order valence-electron chi connectivity index (χ2n) is 15.7. The van der Waals surface area contributed by atoms with Crippen molar-refractivity contribution < 1.29 is 109 Å². The van der Waals surface area contributed by atoms with Gasteiger partial charge in [-0.2, -0.15) is 0 Å². The average molecular weight is 1170 g/mol. The average Bonchev–Trinajstić information content (AvgIpc) is 3.26. The Balaban J connectivity index is 2.11. The summed E-state index contributed by atoms with van der Waals surface area (Å²) in [5.74, 6) is -8.32. The predicted octanol–water partition coefficient (Wildman–Crippen LogP) is -0.741. The van der Waals surface area contributed by atoms with Crippen LogP contribution in [0.3, 0.4) is 0 Å². The van der Waals surface area contributed by atoms with E-state index in [9.17, 15) is 61.2 Å². The van der Waals surface area contributed by atoms with Gasteiger partial charge in [-0.25, -0.2) is 8.42 Å². The highest BCUT2D eigenvalue weighted by Gasteiger charge is 2.54. The number of amides is 3. The maximum Gasteiger partial charge on any atom is 0.303 e. The van der Waals surface area contributed by atoms with Crippen molar-refractivity contribution in [3.05, 3.63) is 0 Å². The molecule has 3 N–H and O–H groups in total. The van der Waals surface area contributed by atoms with Gasteiger partial charge in [0.05, 0.1) is 17.3 Å². The monoisotopic (exact) mass is 1170 g/mol. The minimum Gasteiger partial charge on any atom is -0.463 e. The van der Waals surface area contributed by atoms with Crippen molar-refractivity contribution in [1.29, 1.82) is 0 Å². The Bertz CT molecular complexity index is 1970. The minimum absolute atomic E-state index is 0.0655. The van der Waals surface area contributed by atoms with Crippen LogP contribution in [0.25, 0.3) is 0 Å². The first-order valence-electron chi connectivity index (χ1n) is 22.2. The first kappa shape index (κ1) is 65.9. The normalized spacial score (nSPS) is 23.4. The quantitative estimate of drug-likeness (QED) is 0.0453. The van der Waals surface area contributed by atoms with Gasteiger partial charge in [0.15, 0.2) is 56.4 Å². The molecule has 2 aliphatic rings. The lowest BCUT2D eigenvalue weighted by atomic mass is 9.99. The van der Waals surface area contributed by atoms with Crippen LogP contribution in [-0.2, 0) is 109 Å². The highest BCUT2D eigenvalue weighted by molar-refractivity contribution is 8.77. The second kappa shape index (κ2) is 33.7. The standard InChI is InChI=1S/C41H62N4O23S6/c1-21(46)59-16-29-34(61-23(3)48)36(63-25(5)50)38(65-27(7)52)40(67-29)72-69-18-31(54)42-10-13-45(15-12-44-33(56)20-71-74(9,57)58)14-11-43-32(55)19-70-73-41-39(66-28(8)53)37(64-26(6)51)35(62-24(4)49)30(68-41)17-60-22(2)47/h29-30,34-41H,10-20H2,1-9H3,(H,42,54)(H,43,55)(H,44,56)/t29-,30-,34-,35-,36+,37+,38-,39-,40+,41+/m1/s1.